The van der Waals surface area contributed by atoms with E-state index in [9.17, 15) is 13.6 Å². The molecule has 0 spiro atoms. The number of nitrogens with zero attached hydrogens (tertiary/aromatic N) is 6. The molecule has 5 aromatic rings. The van der Waals surface area contributed by atoms with Gasteiger partial charge in [-0.15, -0.1) is 0 Å². The van der Waals surface area contributed by atoms with Crippen molar-refractivity contribution >= 4 is 28.3 Å². The van der Waals surface area contributed by atoms with Gasteiger partial charge in [-0.25, -0.2) is 23.7 Å². The zero-order valence-electron chi connectivity index (χ0n) is 23.0. The summed E-state index contributed by atoms with van der Waals surface area (Å²) in [6, 6.07) is 11.1. The minimum Gasteiger partial charge on any atom is -0.496 e. The number of fused-ring (bicyclic) bond motifs is 1. The van der Waals surface area contributed by atoms with Gasteiger partial charge in [0.05, 0.1) is 41.3 Å². The quantitative estimate of drug-likeness (QED) is 0.292. The average molecular weight is 571 g/mol. The summed E-state index contributed by atoms with van der Waals surface area (Å²) in [4.78, 5) is 33.0. The lowest BCUT2D eigenvalue weighted by molar-refractivity contribution is 0.102. The highest BCUT2D eigenvalue weighted by molar-refractivity contribution is 6.08. The molecule has 1 atom stereocenters. The first kappa shape index (κ1) is 27.2. The molecule has 12 heteroatoms. The Morgan fingerprint density at radius 2 is 1.98 bits per heavy atom. The first-order valence-corrected chi connectivity index (χ1v) is 13.4. The minimum absolute atomic E-state index is 0.0183. The molecule has 0 unspecified atom stereocenters. The molecule has 0 saturated carbocycles. The molecule has 1 amide bonds. The molecule has 1 aliphatic heterocycles. The SMILES string of the molecule is COc1cccc(F)c1-c1nccc(C(=O)Nc2ccc3c(nc(-c4ccncc4F)n3C)c2N2CCC[C@H]2CN)n1. The Bertz CT molecular complexity index is 1810. The molecule has 2 aromatic carbocycles. The van der Waals surface area contributed by atoms with Gasteiger partial charge in [0.2, 0.25) is 0 Å². The van der Waals surface area contributed by atoms with Gasteiger partial charge in [-0.2, -0.15) is 0 Å². The Hall–Kier alpha value is -4.97. The molecule has 214 valence electrons. The number of nitrogens with two attached hydrogens (primary N) is 1. The molecule has 4 heterocycles. The van der Waals surface area contributed by atoms with Gasteiger partial charge in [0.1, 0.15) is 28.6 Å². The summed E-state index contributed by atoms with van der Waals surface area (Å²) in [5.74, 6) is -0.883. The second-order valence-corrected chi connectivity index (χ2v) is 9.94. The molecule has 3 N–H and O–H groups in total. The predicted octanol–water partition coefficient (Wildman–Crippen LogP) is 4.56. The van der Waals surface area contributed by atoms with E-state index in [0.717, 1.165) is 24.6 Å². The Morgan fingerprint density at radius 3 is 2.76 bits per heavy atom. The van der Waals surface area contributed by atoms with Gasteiger partial charge in [0, 0.05) is 38.6 Å². The number of hydrogen-bond donors (Lipinski definition) is 2. The number of halogens is 2. The van der Waals surface area contributed by atoms with Gasteiger partial charge in [-0.05, 0) is 49.2 Å². The number of hydrogen-bond acceptors (Lipinski definition) is 8. The molecule has 6 rings (SSSR count). The van der Waals surface area contributed by atoms with Crippen LogP contribution in [0, 0.1) is 11.6 Å². The molecule has 1 saturated heterocycles. The van der Waals surface area contributed by atoms with Crippen molar-refractivity contribution in [3.8, 4) is 28.5 Å². The van der Waals surface area contributed by atoms with Crippen LogP contribution in [0.15, 0.2) is 61.1 Å². The number of nitrogens with one attached hydrogen (secondary N) is 1. The number of rotatable bonds is 7. The van der Waals surface area contributed by atoms with Crippen LogP contribution < -0.4 is 20.7 Å². The zero-order chi connectivity index (χ0) is 29.4. The van der Waals surface area contributed by atoms with Crippen molar-refractivity contribution in [1.29, 1.82) is 0 Å². The van der Waals surface area contributed by atoms with E-state index < -0.39 is 17.5 Å². The lowest BCUT2D eigenvalue weighted by Crippen LogP contribution is -2.36. The first-order valence-electron chi connectivity index (χ1n) is 13.4. The zero-order valence-corrected chi connectivity index (χ0v) is 23.0. The van der Waals surface area contributed by atoms with Crippen LogP contribution in [0.5, 0.6) is 5.75 Å². The molecule has 0 bridgehead atoms. The van der Waals surface area contributed by atoms with E-state index in [0.29, 0.717) is 41.4 Å². The van der Waals surface area contributed by atoms with Crippen molar-refractivity contribution < 1.29 is 18.3 Å². The van der Waals surface area contributed by atoms with E-state index in [-0.39, 0.29) is 28.9 Å². The molecular weight excluding hydrogens is 542 g/mol. The summed E-state index contributed by atoms with van der Waals surface area (Å²) >= 11 is 0. The van der Waals surface area contributed by atoms with Gasteiger partial charge < -0.3 is 25.3 Å². The Morgan fingerprint density at radius 1 is 1.12 bits per heavy atom. The summed E-state index contributed by atoms with van der Waals surface area (Å²) in [6.45, 7) is 1.13. The van der Waals surface area contributed by atoms with E-state index in [4.69, 9.17) is 15.5 Å². The second-order valence-electron chi connectivity index (χ2n) is 9.94. The number of ether oxygens (including phenoxy) is 1. The van der Waals surface area contributed by atoms with E-state index >= 15 is 0 Å². The van der Waals surface area contributed by atoms with Crippen molar-refractivity contribution in [3.63, 3.8) is 0 Å². The molecule has 1 aliphatic rings. The molecule has 3 aromatic heterocycles. The molecule has 42 heavy (non-hydrogen) atoms. The Labute approximate surface area is 240 Å². The third kappa shape index (κ3) is 4.69. The topological polar surface area (TPSA) is 124 Å². The van der Waals surface area contributed by atoms with Crippen LogP contribution in [-0.4, -0.2) is 56.7 Å². The normalized spacial score (nSPS) is 14.9. The average Bonchev–Trinajstić information content (AvgIpc) is 3.61. The van der Waals surface area contributed by atoms with Crippen molar-refractivity contribution in [2.24, 2.45) is 12.8 Å². The Kier molecular flexibility index (Phi) is 7.21. The van der Waals surface area contributed by atoms with Crippen LogP contribution in [-0.2, 0) is 7.05 Å². The van der Waals surface area contributed by atoms with Crippen LogP contribution in [0.2, 0.25) is 0 Å². The second kappa shape index (κ2) is 11.1. The lowest BCUT2D eigenvalue weighted by Gasteiger charge is -2.28. The van der Waals surface area contributed by atoms with Gasteiger partial charge in [0.25, 0.3) is 5.91 Å². The lowest BCUT2D eigenvalue weighted by atomic mass is 10.1. The van der Waals surface area contributed by atoms with Gasteiger partial charge >= 0.3 is 0 Å². The summed E-state index contributed by atoms with van der Waals surface area (Å²) in [5, 5.41) is 2.97. The van der Waals surface area contributed by atoms with Crippen LogP contribution in [0.4, 0.5) is 20.2 Å². The van der Waals surface area contributed by atoms with Crippen molar-refractivity contribution in [1.82, 2.24) is 24.5 Å². The predicted molar refractivity (Wildman–Crippen MR) is 155 cm³/mol. The van der Waals surface area contributed by atoms with Crippen LogP contribution in [0.1, 0.15) is 23.3 Å². The molecular formula is C30H28F2N8O2. The molecule has 1 fully saturated rings. The third-order valence-corrected chi connectivity index (χ3v) is 7.53. The van der Waals surface area contributed by atoms with Crippen molar-refractivity contribution in [2.45, 2.75) is 18.9 Å². The van der Waals surface area contributed by atoms with Gasteiger partial charge in [0.15, 0.2) is 11.6 Å². The molecule has 0 radical (unpaired) electrons. The summed E-state index contributed by atoms with van der Waals surface area (Å²) in [6.07, 6.45) is 5.87. The summed E-state index contributed by atoms with van der Waals surface area (Å²) < 4.78 is 36.5. The number of pyridine rings is 1. The molecule has 0 aliphatic carbocycles. The van der Waals surface area contributed by atoms with Crippen LogP contribution >= 0.6 is 0 Å². The number of methoxy groups -OCH3 is 1. The maximum atomic E-state index is 14.7. The van der Waals surface area contributed by atoms with Gasteiger partial charge in [-0.1, -0.05) is 6.07 Å². The van der Waals surface area contributed by atoms with E-state index in [1.807, 2.05) is 17.7 Å². The summed E-state index contributed by atoms with van der Waals surface area (Å²) in [5.41, 5.74) is 9.08. The number of aryl methyl sites for hydroxylation is 1. The van der Waals surface area contributed by atoms with E-state index in [1.165, 1.54) is 37.7 Å². The van der Waals surface area contributed by atoms with Crippen molar-refractivity contribution in [2.75, 3.05) is 30.4 Å². The number of amides is 1. The third-order valence-electron chi connectivity index (χ3n) is 7.53. The minimum atomic E-state index is -0.571. The highest BCUT2D eigenvalue weighted by Crippen LogP contribution is 2.40. The van der Waals surface area contributed by atoms with E-state index in [2.05, 4.69) is 25.2 Å². The first-order chi connectivity index (χ1) is 20.4. The Balaban J connectivity index is 1.44. The fourth-order valence-corrected chi connectivity index (χ4v) is 5.49. The standard InChI is InChI=1S/C30H28F2N8O2/c1-39-23-9-8-21(37-30(41)22-11-13-35-28(36-22)25-19(31)6-3-7-24(25)42-2)27(40-14-4-5-17(40)15-33)26(23)38-29(39)18-10-12-34-16-20(18)32/h3,6-13,16-17H,4-5,14-15,33H2,1-2H3,(H,37,41)/t17-/m0/s1. The largest absolute Gasteiger partial charge is 0.496 e. The number of carbonyl (C=O) groups excluding carboxylic acids is 1. The fraction of sp³-hybridized carbons (Fsp3) is 0.233. The van der Waals surface area contributed by atoms with Gasteiger partial charge in [-0.3, -0.25) is 9.78 Å². The molecule has 10 nitrogen and oxygen atoms in total. The highest BCUT2D eigenvalue weighted by atomic mass is 19.1. The number of carbonyl (C=O) groups is 1. The fourth-order valence-electron chi connectivity index (χ4n) is 5.49. The number of imidazole rings is 1. The van der Waals surface area contributed by atoms with Crippen LogP contribution in [0.25, 0.3) is 33.8 Å². The number of anilines is 2. The smallest absolute Gasteiger partial charge is 0.274 e. The van der Waals surface area contributed by atoms with Crippen LogP contribution in [0.3, 0.4) is 0 Å². The monoisotopic (exact) mass is 570 g/mol. The van der Waals surface area contributed by atoms with Crippen molar-refractivity contribution in [3.05, 3.63) is 78.4 Å². The highest BCUT2D eigenvalue weighted by Gasteiger charge is 2.30. The maximum Gasteiger partial charge on any atom is 0.274 e. The van der Waals surface area contributed by atoms with E-state index in [1.54, 1.807) is 18.2 Å². The maximum absolute atomic E-state index is 14.7. The summed E-state index contributed by atoms with van der Waals surface area (Å²) in [7, 11) is 3.24. The number of benzene rings is 2. The number of aromatic nitrogens is 5.